The van der Waals surface area contributed by atoms with Crippen molar-refractivity contribution in [2.75, 3.05) is 21.2 Å². The number of hydrogen-bond acceptors (Lipinski definition) is 8. The largest absolute Gasteiger partial charge is 0.465 e. The molecule has 2 aromatic heterocycles. The summed E-state index contributed by atoms with van der Waals surface area (Å²) in [5.74, 6) is -1.40. The summed E-state index contributed by atoms with van der Waals surface area (Å²) < 4.78 is 9.84. The van der Waals surface area contributed by atoms with Crippen LogP contribution in [0.4, 0.5) is 0 Å². The van der Waals surface area contributed by atoms with Crippen LogP contribution in [0.15, 0.2) is 4.79 Å². The summed E-state index contributed by atoms with van der Waals surface area (Å²) in [6.45, 7) is 3.06. The quantitative estimate of drug-likeness (QED) is 0.755. The first-order valence-corrected chi connectivity index (χ1v) is 8.48. The van der Waals surface area contributed by atoms with Crippen LogP contribution in [0.3, 0.4) is 0 Å². The fraction of sp³-hybridized carbons (Fsp3) is 0.438. The molecule has 1 amide bonds. The molecule has 0 fully saturated rings. The molecule has 1 atom stereocenters. The molecule has 26 heavy (non-hydrogen) atoms. The first kappa shape index (κ1) is 19.6. The van der Waals surface area contributed by atoms with Crippen LogP contribution in [0, 0.1) is 6.92 Å². The second-order valence-corrected chi connectivity index (χ2v) is 6.77. The molecule has 140 valence electrons. The van der Waals surface area contributed by atoms with Crippen LogP contribution in [0.2, 0.25) is 0 Å². The Bertz CT molecular complexity index is 930. The number of thiophene rings is 1. The minimum absolute atomic E-state index is 0.106. The number of nitrogens with zero attached hydrogens (tertiary/aromatic N) is 2. The number of carbonyl (C=O) groups excluding carboxylic acids is 3. The van der Waals surface area contributed by atoms with E-state index in [4.69, 9.17) is 9.47 Å². The summed E-state index contributed by atoms with van der Waals surface area (Å²) in [6, 6.07) is 0. The van der Waals surface area contributed by atoms with Gasteiger partial charge < -0.3 is 19.4 Å². The Morgan fingerprint density at radius 1 is 1.31 bits per heavy atom. The monoisotopic (exact) mass is 381 g/mol. The van der Waals surface area contributed by atoms with Gasteiger partial charge in [-0.1, -0.05) is 0 Å². The maximum atomic E-state index is 12.3. The van der Waals surface area contributed by atoms with Crippen LogP contribution in [0.1, 0.15) is 28.0 Å². The number of methoxy groups -OCH3 is 1. The highest BCUT2D eigenvalue weighted by molar-refractivity contribution is 7.20. The zero-order chi connectivity index (χ0) is 19.6. The summed E-state index contributed by atoms with van der Waals surface area (Å²) in [7, 11) is 4.29. The third-order valence-corrected chi connectivity index (χ3v) is 4.67. The van der Waals surface area contributed by atoms with E-state index in [2.05, 4.69) is 9.97 Å². The first-order valence-electron chi connectivity index (χ1n) is 7.67. The standard InChI is InChI=1S/C16H19N3O6S/c1-7(15(22)19(3)4)25-10(20)6-9-11-13(21)17-8(2)18-14(11)26-12(9)16(23)24-5/h7H,6H2,1-5H3,(H,17,18,21)/t7-/m0/s1. The van der Waals surface area contributed by atoms with Gasteiger partial charge in [0.1, 0.15) is 15.5 Å². The number of fused-ring (bicyclic) bond motifs is 1. The van der Waals surface area contributed by atoms with E-state index in [1.165, 1.54) is 18.9 Å². The van der Waals surface area contributed by atoms with Crippen molar-refractivity contribution in [1.82, 2.24) is 14.9 Å². The molecule has 0 aliphatic rings. The van der Waals surface area contributed by atoms with Crippen LogP contribution < -0.4 is 5.56 Å². The van der Waals surface area contributed by atoms with E-state index in [0.29, 0.717) is 10.7 Å². The molecule has 0 saturated heterocycles. The number of aromatic amines is 1. The topological polar surface area (TPSA) is 119 Å². The van der Waals surface area contributed by atoms with Gasteiger partial charge in [0.2, 0.25) is 0 Å². The van der Waals surface area contributed by atoms with Crippen molar-refractivity contribution in [3.05, 3.63) is 26.6 Å². The number of rotatable bonds is 5. The van der Waals surface area contributed by atoms with Crippen molar-refractivity contribution < 1.29 is 23.9 Å². The third kappa shape index (κ3) is 3.90. The maximum Gasteiger partial charge on any atom is 0.348 e. The number of likely N-dealkylation sites (N-methyl/N-ethyl adjacent to an activating group) is 1. The molecular formula is C16H19N3O6S. The van der Waals surface area contributed by atoms with Gasteiger partial charge in [0.05, 0.1) is 18.9 Å². The number of hydrogen-bond donors (Lipinski definition) is 1. The SMILES string of the molecule is COC(=O)c1sc2nc(C)[nH]c(=O)c2c1CC(=O)O[C@@H](C)C(=O)N(C)C. The lowest BCUT2D eigenvalue weighted by molar-refractivity contribution is -0.157. The van der Waals surface area contributed by atoms with E-state index < -0.39 is 23.6 Å². The fourth-order valence-electron chi connectivity index (χ4n) is 2.40. The number of nitrogens with one attached hydrogen (secondary N) is 1. The van der Waals surface area contributed by atoms with Gasteiger partial charge in [-0.15, -0.1) is 11.3 Å². The highest BCUT2D eigenvalue weighted by atomic mass is 32.1. The lowest BCUT2D eigenvalue weighted by Crippen LogP contribution is -2.35. The summed E-state index contributed by atoms with van der Waals surface area (Å²) in [5, 5.41) is 0.143. The molecule has 1 N–H and O–H groups in total. The van der Waals surface area contributed by atoms with E-state index in [1.54, 1.807) is 21.0 Å². The summed E-state index contributed by atoms with van der Waals surface area (Å²) in [6.07, 6.45) is -1.34. The van der Waals surface area contributed by atoms with Gasteiger partial charge in [0.15, 0.2) is 6.10 Å². The summed E-state index contributed by atoms with van der Waals surface area (Å²) >= 11 is 0.968. The highest BCUT2D eigenvalue weighted by Crippen LogP contribution is 2.29. The zero-order valence-corrected chi connectivity index (χ0v) is 15.9. The molecule has 0 saturated carbocycles. The van der Waals surface area contributed by atoms with Gasteiger partial charge in [-0.05, 0) is 13.8 Å². The normalized spacial score (nSPS) is 11.9. The van der Waals surface area contributed by atoms with Crippen molar-refractivity contribution in [3.8, 4) is 0 Å². The van der Waals surface area contributed by atoms with E-state index in [1.807, 2.05) is 0 Å². The van der Waals surface area contributed by atoms with E-state index in [-0.39, 0.29) is 28.2 Å². The number of aryl methyl sites for hydroxylation is 1. The average Bonchev–Trinajstić information content (AvgIpc) is 2.91. The van der Waals surface area contributed by atoms with Gasteiger partial charge in [-0.25, -0.2) is 9.78 Å². The molecule has 9 nitrogen and oxygen atoms in total. The minimum atomic E-state index is -0.984. The van der Waals surface area contributed by atoms with Gasteiger partial charge in [0.25, 0.3) is 11.5 Å². The Balaban J connectivity index is 2.41. The van der Waals surface area contributed by atoms with Crippen molar-refractivity contribution in [2.24, 2.45) is 0 Å². The molecule has 0 unspecified atom stereocenters. The number of esters is 2. The second kappa shape index (κ2) is 7.65. The van der Waals surface area contributed by atoms with Gasteiger partial charge in [0, 0.05) is 19.7 Å². The predicted octanol–water partition coefficient (Wildman–Crippen LogP) is 0.642. The van der Waals surface area contributed by atoms with Crippen LogP contribution in [0.25, 0.3) is 10.2 Å². The van der Waals surface area contributed by atoms with E-state index in [9.17, 15) is 19.2 Å². The maximum absolute atomic E-state index is 12.3. The van der Waals surface area contributed by atoms with E-state index >= 15 is 0 Å². The molecule has 0 aromatic carbocycles. The molecule has 0 aliphatic heterocycles. The van der Waals surface area contributed by atoms with Crippen molar-refractivity contribution >= 4 is 39.4 Å². The average molecular weight is 381 g/mol. The number of ether oxygens (including phenoxy) is 2. The van der Waals surface area contributed by atoms with Gasteiger partial charge in [-0.3, -0.25) is 14.4 Å². The first-order chi connectivity index (χ1) is 12.1. The van der Waals surface area contributed by atoms with Crippen molar-refractivity contribution in [3.63, 3.8) is 0 Å². The second-order valence-electron chi connectivity index (χ2n) is 5.77. The Hall–Kier alpha value is -2.75. The van der Waals surface area contributed by atoms with Crippen LogP contribution in [-0.2, 0) is 25.5 Å². The number of H-pyrrole nitrogens is 1. The zero-order valence-electron chi connectivity index (χ0n) is 15.0. The number of carbonyl (C=O) groups is 3. The number of amides is 1. The number of aromatic nitrogens is 2. The smallest absolute Gasteiger partial charge is 0.348 e. The molecule has 0 aliphatic carbocycles. The van der Waals surface area contributed by atoms with Crippen molar-refractivity contribution in [2.45, 2.75) is 26.4 Å². The Labute approximate surface area is 152 Å². The van der Waals surface area contributed by atoms with Crippen LogP contribution >= 0.6 is 11.3 Å². The van der Waals surface area contributed by atoms with Gasteiger partial charge in [-0.2, -0.15) is 0 Å². The Kier molecular flexibility index (Phi) is 5.76. The molecule has 2 rings (SSSR count). The molecule has 2 heterocycles. The molecule has 2 aromatic rings. The van der Waals surface area contributed by atoms with Gasteiger partial charge >= 0.3 is 11.9 Å². The lowest BCUT2D eigenvalue weighted by Gasteiger charge is -2.17. The van der Waals surface area contributed by atoms with Crippen molar-refractivity contribution in [1.29, 1.82) is 0 Å². The molecular weight excluding hydrogens is 362 g/mol. The Morgan fingerprint density at radius 2 is 1.96 bits per heavy atom. The molecule has 10 heteroatoms. The Morgan fingerprint density at radius 3 is 2.54 bits per heavy atom. The van der Waals surface area contributed by atoms with E-state index in [0.717, 1.165) is 11.3 Å². The lowest BCUT2D eigenvalue weighted by atomic mass is 10.1. The molecule has 0 radical (unpaired) electrons. The molecule has 0 bridgehead atoms. The summed E-state index contributed by atoms with van der Waals surface area (Å²) in [5.41, 5.74) is -0.278. The summed E-state index contributed by atoms with van der Waals surface area (Å²) in [4.78, 5) is 56.9. The van der Waals surface area contributed by atoms with Crippen LogP contribution in [0.5, 0.6) is 0 Å². The minimum Gasteiger partial charge on any atom is -0.465 e. The fourth-order valence-corrected chi connectivity index (χ4v) is 3.55. The third-order valence-electron chi connectivity index (χ3n) is 3.57. The predicted molar refractivity (Wildman–Crippen MR) is 94.3 cm³/mol. The van der Waals surface area contributed by atoms with Crippen LogP contribution in [-0.4, -0.2) is 60.0 Å². The highest BCUT2D eigenvalue weighted by Gasteiger charge is 2.26. The molecule has 0 spiro atoms.